The number of hydrogen-bond donors (Lipinski definition) is 1. The van der Waals surface area contributed by atoms with E-state index in [1.165, 1.54) is 5.56 Å². The predicted octanol–water partition coefficient (Wildman–Crippen LogP) is 3.39. The van der Waals surface area contributed by atoms with Crippen molar-refractivity contribution < 1.29 is 4.79 Å². The van der Waals surface area contributed by atoms with Crippen LogP contribution in [0.5, 0.6) is 0 Å². The molecule has 2 aliphatic rings. The molecule has 2 amide bonds. The highest BCUT2D eigenvalue weighted by Crippen LogP contribution is 2.46. The highest BCUT2D eigenvalue weighted by molar-refractivity contribution is 5.95. The highest BCUT2D eigenvalue weighted by Gasteiger charge is 2.50. The molecule has 148 valence electrons. The van der Waals surface area contributed by atoms with E-state index < -0.39 is 0 Å². The summed E-state index contributed by atoms with van der Waals surface area (Å²) in [7, 11) is 4.33. The van der Waals surface area contributed by atoms with E-state index in [1.54, 1.807) is 6.20 Å². The molecule has 0 radical (unpaired) electrons. The molecule has 1 aliphatic heterocycles. The van der Waals surface area contributed by atoms with Gasteiger partial charge in [-0.3, -0.25) is 9.80 Å². The van der Waals surface area contributed by atoms with Crippen molar-refractivity contribution in [2.45, 2.75) is 50.6 Å². The van der Waals surface area contributed by atoms with Gasteiger partial charge in [-0.15, -0.1) is 0 Å². The summed E-state index contributed by atoms with van der Waals surface area (Å²) in [6.07, 6.45) is 5.71. The monoisotopic (exact) mass is 379 g/mol. The summed E-state index contributed by atoms with van der Waals surface area (Å²) in [4.78, 5) is 25.7. The number of carbonyl (C=O) groups excluding carboxylic acids is 1. The van der Waals surface area contributed by atoms with Crippen LogP contribution in [0, 0.1) is 13.8 Å². The molecular formula is C22H29N5O. The van der Waals surface area contributed by atoms with Crippen molar-refractivity contribution in [3.05, 3.63) is 53.6 Å². The second-order valence-corrected chi connectivity index (χ2v) is 8.48. The number of aromatic nitrogens is 2. The van der Waals surface area contributed by atoms with Gasteiger partial charge in [0, 0.05) is 5.54 Å². The fraction of sp³-hybridized carbons (Fsp3) is 0.500. The number of benzene rings is 1. The molecule has 6 nitrogen and oxygen atoms in total. The third kappa shape index (κ3) is 3.05. The minimum Gasteiger partial charge on any atom is -0.330 e. The Labute approximate surface area is 167 Å². The molecule has 1 saturated carbocycles. The lowest BCUT2D eigenvalue weighted by Crippen LogP contribution is -2.54. The van der Waals surface area contributed by atoms with Gasteiger partial charge in [0.1, 0.15) is 5.82 Å². The van der Waals surface area contributed by atoms with E-state index in [9.17, 15) is 4.79 Å². The van der Waals surface area contributed by atoms with Crippen LogP contribution in [0.25, 0.3) is 0 Å². The number of nitrogens with zero attached hydrogens (tertiary/aromatic N) is 4. The number of nitrogens with one attached hydrogen (secondary N) is 1. The molecule has 0 unspecified atom stereocenters. The minimum absolute atomic E-state index is 0.0214. The van der Waals surface area contributed by atoms with Crippen molar-refractivity contribution in [1.82, 2.24) is 20.2 Å². The normalized spacial score (nSPS) is 27.5. The lowest BCUT2D eigenvalue weighted by Gasteiger charge is -2.48. The van der Waals surface area contributed by atoms with Gasteiger partial charge in [0.15, 0.2) is 0 Å². The summed E-state index contributed by atoms with van der Waals surface area (Å²) < 4.78 is 0. The molecule has 0 bridgehead atoms. The third-order valence-corrected chi connectivity index (χ3v) is 6.64. The summed E-state index contributed by atoms with van der Waals surface area (Å²) in [5, 5.41) is 3.30. The van der Waals surface area contributed by atoms with E-state index in [4.69, 9.17) is 0 Å². The largest absolute Gasteiger partial charge is 0.330 e. The molecule has 2 fully saturated rings. The van der Waals surface area contributed by atoms with Crippen molar-refractivity contribution in [3.8, 4) is 0 Å². The van der Waals surface area contributed by atoms with E-state index in [1.807, 2.05) is 18.7 Å². The van der Waals surface area contributed by atoms with Gasteiger partial charge in [-0.05, 0) is 59.2 Å². The summed E-state index contributed by atoms with van der Waals surface area (Å²) in [5.41, 5.74) is 2.87. The molecule has 0 atom stereocenters. The average molecular weight is 380 g/mol. The van der Waals surface area contributed by atoms with Gasteiger partial charge in [0.25, 0.3) is 0 Å². The van der Waals surface area contributed by atoms with E-state index in [2.05, 4.69) is 64.6 Å². The maximum atomic E-state index is 12.8. The first-order valence-corrected chi connectivity index (χ1v) is 9.98. The standard InChI is InChI=1S/C22H29N5O/c1-16-19(14-23-17(2)24-16)27-15-21(25-20(27)28)10-12-22(13-11-21,26(3)4)18-8-6-5-7-9-18/h5-9,14H,10-13,15H2,1-4H3,(H,25,28)/t21-,22-. The molecule has 1 aliphatic carbocycles. The van der Waals surface area contributed by atoms with Gasteiger partial charge in [0.2, 0.25) is 0 Å². The Morgan fingerprint density at radius 1 is 1.07 bits per heavy atom. The van der Waals surface area contributed by atoms with Crippen LogP contribution >= 0.6 is 0 Å². The fourth-order valence-electron chi connectivity index (χ4n) is 4.91. The number of rotatable bonds is 3. The third-order valence-electron chi connectivity index (χ3n) is 6.64. The Bertz CT molecular complexity index is 872. The first-order chi connectivity index (χ1) is 13.4. The Balaban J connectivity index is 1.56. The highest BCUT2D eigenvalue weighted by atomic mass is 16.2. The smallest absolute Gasteiger partial charge is 0.322 e. The molecule has 1 saturated heterocycles. The molecule has 1 aromatic heterocycles. The Kier molecular flexibility index (Phi) is 4.62. The summed E-state index contributed by atoms with van der Waals surface area (Å²) in [5.74, 6) is 0.729. The van der Waals surface area contributed by atoms with Crippen LogP contribution in [0.3, 0.4) is 0 Å². The SMILES string of the molecule is Cc1ncc(N2C[C@]3(CC[C@@](c4ccccc4)(N(C)C)CC3)NC2=O)c(C)n1. The quantitative estimate of drug-likeness (QED) is 0.888. The van der Waals surface area contributed by atoms with Gasteiger partial charge >= 0.3 is 6.03 Å². The van der Waals surface area contributed by atoms with Crippen LogP contribution in [-0.4, -0.2) is 47.1 Å². The molecule has 1 spiro atoms. The summed E-state index contributed by atoms with van der Waals surface area (Å²) in [6.45, 7) is 4.49. The van der Waals surface area contributed by atoms with E-state index in [0.29, 0.717) is 6.54 Å². The van der Waals surface area contributed by atoms with Crippen LogP contribution in [-0.2, 0) is 5.54 Å². The van der Waals surface area contributed by atoms with Gasteiger partial charge < -0.3 is 5.32 Å². The second kappa shape index (κ2) is 6.85. The minimum atomic E-state index is -0.178. The van der Waals surface area contributed by atoms with Crippen LogP contribution in [0.15, 0.2) is 36.5 Å². The number of hydrogen-bond acceptors (Lipinski definition) is 4. The fourth-order valence-corrected chi connectivity index (χ4v) is 4.91. The lowest BCUT2D eigenvalue weighted by molar-refractivity contribution is 0.0658. The number of carbonyl (C=O) groups is 1. The number of urea groups is 1. The lowest BCUT2D eigenvalue weighted by atomic mass is 9.69. The first-order valence-electron chi connectivity index (χ1n) is 9.98. The summed E-state index contributed by atoms with van der Waals surface area (Å²) >= 11 is 0. The molecule has 2 heterocycles. The Morgan fingerprint density at radius 2 is 1.75 bits per heavy atom. The van der Waals surface area contributed by atoms with Crippen LogP contribution in [0.4, 0.5) is 10.5 Å². The summed E-state index contributed by atoms with van der Waals surface area (Å²) in [6, 6.07) is 10.7. The number of aryl methyl sites for hydroxylation is 2. The van der Waals surface area contributed by atoms with Crippen LogP contribution < -0.4 is 10.2 Å². The van der Waals surface area contributed by atoms with Crippen LogP contribution in [0.1, 0.15) is 42.8 Å². The molecular weight excluding hydrogens is 350 g/mol. The van der Waals surface area contributed by atoms with E-state index in [-0.39, 0.29) is 17.1 Å². The second-order valence-electron chi connectivity index (χ2n) is 8.48. The van der Waals surface area contributed by atoms with E-state index in [0.717, 1.165) is 42.9 Å². The molecule has 28 heavy (non-hydrogen) atoms. The molecule has 6 heteroatoms. The molecule has 1 N–H and O–H groups in total. The Hall–Kier alpha value is -2.47. The zero-order valence-electron chi connectivity index (χ0n) is 17.2. The zero-order chi connectivity index (χ0) is 19.9. The predicted molar refractivity (Wildman–Crippen MR) is 110 cm³/mol. The van der Waals surface area contributed by atoms with Crippen molar-refractivity contribution in [2.75, 3.05) is 25.5 Å². The number of amides is 2. The van der Waals surface area contributed by atoms with Crippen molar-refractivity contribution in [1.29, 1.82) is 0 Å². The van der Waals surface area contributed by atoms with Crippen molar-refractivity contribution in [2.24, 2.45) is 0 Å². The average Bonchev–Trinajstić information content (AvgIpc) is 2.99. The van der Waals surface area contributed by atoms with Gasteiger partial charge in [-0.1, -0.05) is 30.3 Å². The molecule has 2 aromatic rings. The molecule has 1 aromatic carbocycles. The maximum Gasteiger partial charge on any atom is 0.322 e. The maximum absolute atomic E-state index is 12.8. The van der Waals surface area contributed by atoms with Gasteiger partial charge in [0.05, 0.1) is 29.7 Å². The Morgan fingerprint density at radius 3 is 2.36 bits per heavy atom. The molecule has 4 rings (SSSR count). The first kappa shape index (κ1) is 18.9. The number of anilines is 1. The van der Waals surface area contributed by atoms with Gasteiger partial charge in [-0.25, -0.2) is 14.8 Å². The van der Waals surface area contributed by atoms with Crippen LogP contribution in [0.2, 0.25) is 0 Å². The van der Waals surface area contributed by atoms with Crippen molar-refractivity contribution >= 4 is 11.7 Å². The zero-order valence-corrected chi connectivity index (χ0v) is 17.2. The van der Waals surface area contributed by atoms with E-state index >= 15 is 0 Å². The topological polar surface area (TPSA) is 61.4 Å². The van der Waals surface area contributed by atoms with Gasteiger partial charge in [-0.2, -0.15) is 0 Å². The van der Waals surface area contributed by atoms with Crippen molar-refractivity contribution in [3.63, 3.8) is 0 Å².